The van der Waals surface area contributed by atoms with Gasteiger partial charge >= 0.3 is 0 Å². The lowest BCUT2D eigenvalue weighted by molar-refractivity contribution is 0.101. The zero-order valence-electron chi connectivity index (χ0n) is 18.2. The molecule has 4 aromatic rings. The minimum Gasteiger partial charge on any atom is -0.321 e. The van der Waals surface area contributed by atoms with Crippen LogP contribution in [0, 0.1) is 0 Å². The first-order valence-corrected chi connectivity index (χ1v) is 11.7. The lowest BCUT2D eigenvalue weighted by atomic mass is 10.1. The summed E-state index contributed by atoms with van der Waals surface area (Å²) in [5.74, 6) is -0.627. The van der Waals surface area contributed by atoms with Gasteiger partial charge in [-0.1, -0.05) is 50.1 Å². The van der Waals surface area contributed by atoms with E-state index in [2.05, 4.69) is 22.7 Å². The zero-order valence-corrected chi connectivity index (χ0v) is 19.0. The molecule has 0 saturated carbocycles. The number of thiophene rings is 1. The number of benzene rings is 2. The van der Waals surface area contributed by atoms with Gasteiger partial charge in [-0.15, -0.1) is 11.3 Å². The van der Waals surface area contributed by atoms with Gasteiger partial charge in [-0.2, -0.15) is 5.10 Å². The number of carbonyl (C=O) groups excluding carboxylic acids is 2. The maximum absolute atomic E-state index is 13.2. The van der Waals surface area contributed by atoms with E-state index in [0.717, 1.165) is 19.3 Å². The van der Waals surface area contributed by atoms with Gasteiger partial charge < -0.3 is 10.6 Å². The van der Waals surface area contributed by atoms with Gasteiger partial charge in [-0.05, 0) is 42.1 Å². The van der Waals surface area contributed by atoms with Crippen LogP contribution in [-0.2, 0) is 6.54 Å². The molecule has 2 heterocycles. The highest BCUT2D eigenvalue weighted by Crippen LogP contribution is 2.20. The number of unbranched alkanes of at least 4 members (excludes halogenated alkanes) is 2. The lowest BCUT2D eigenvalue weighted by Crippen LogP contribution is -2.27. The molecule has 2 N–H and O–H groups in total. The van der Waals surface area contributed by atoms with Crippen LogP contribution in [0.4, 0.5) is 11.4 Å². The molecule has 0 saturated heterocycles. The maximum atomic E-state index is 13.2. The Bertz CT molecular complexity index is 1350. The predicted molar refractivity (Wildman–Crippen MR) is 132 cm³/mol. The molecule has 0 bridgehead atoms. The summed E-state index contributed by atoms with van der Waals surface area (Å²) in [5.41, 5.74) is 1.07. The maximum Gasteiger partial charge on any atom is 0.276 e. The number of rotatable bonds is 8. The van der Waals surface area contributed by atoms with Gasteiger partial charge in [0.2, 0.25) is 0 Å². The number of hydrogen-bond donors (Lipinski definition) is 2. The van der Waals surface area contributed by atoms with Crippen molar-refractivity contribution in [2.24, 2.45) is 0 Å². The van der Waals surface area contributed by atoms with Crippen molar-refractivity contribution in [1.29, 1.82) is 0 Å². The van der Waals surface area contributed by atoms with E-state index in [1.54, 1.807) is 54.6 Å². The van der Waals surface area contributed by atoms with Gasteiger partial charge in [-0.25, -0.2) is 4.68 Å². The number of nitrogens with zero attached hydrogens (tertiary/aromatic N) is 2. The van der Waals surface area contributed by atoms with Gasteiger partial charge in [-0.3, -0.25) is 14.4 Å². The smallest absolute Gasteiger partial charge is 0.276 e. The Morgan fingerprint density at radius 2 is 1.64 bits per heavy atom. The van der Waals surface area contributed by atoms with E-state index < -0.39 is 5.91 Å². The third kappa shape index (κ3) is 5.18. The highest BCUT2D eigenvalue weighted by molar-refractivity contribution is 7.12. The molecule has 0 unspecified atom stereocenters. The number of hydrogen-bond acceptors (Lipinski definition) is 5. The second-order valence-corrected chi connectivity index (χ2v) is 8.54. The van der Waals surface area contributed by atoms with Crippen LogP contribution in [-0.4, -0.2) is 21.6 Å². The monoisotopic (exact) mass is 460 g/mol. The summed E-state index contributed by atoms with van der Waals surface area (Å²) in [5, 5.41) is 12.9. The number of aromatic nitrogens is 2. The first-order valence-electron chi connectivity index (χ1n) is 10.8. The molecule has 0 spiro atoms. The average Bonchev–Trinajstić information content (AvgIpc) is 3.36. The Labute approximate surface area is 195 Å². The summed E-state index contributed by atoms with van der Waals surface area (Å²) >= 11 is 1.35. The molecule has 0 fully saturated rings. The van der Waals surface area contributed by atoms with Crippen LogP contribution in [0.25, 0.3) is 10.8 Å². The van der Waals surface area contributed by atoms with Crippen LogP contribution in [0.15, 0.2) is 70.8 Å². The number of aryl methyl sites for hydroxylation is 1. The highest BCUT2D eigenvalue weighted by Gasteiger charge is 2.17. The molecule has 2 aromatic heterocycles. The molecule has 0 aliphatic heterocycles. The quantitative estimate of drug-likeness (QED) is 0.356. The predicted octanol–water partition coefficient (Wildman–Crippen LogP) is 5.15. The highest BCUT2D eigenvalue weighted by atomic mass is 32.1. The molecule has 8 heteroatoms. The Morgan fingerprint density at radius 1 is 0.909 bits per heavy atom. The fraction of sp³-hybridized carbons (Fsp3) is 0.200. The Kier molecular flexibility index (Phi) is 6.95. The van der Waals surface area contributed by atoms with Crippen LogP contribution in [0.2, 0.25) is 0 Å². The second-order valence-electron chi connectivity index (χ2n) is 7.60. The Morgan fingerprint density at radius 3 is 2.33 bits per heavy atom. The summed E-state index contributed by atoms with van der Waals surface area (Å²) in [6, 6.07) is 17.5. The zero-order chi connectivity index (χ0) is 23.2. The van der Waals surface area contributed by atoms with Crippen LogP contribution < -0.4 is 16.2 Å². The van der Waals surface area contributed by atoms with Crippen molar-refractivity contribution in [3.63, 3.8) is 0 Å². The molecule has 0 aliphatic carbocycles. The van der Waals surface area contributed by atoms with E-state index in [1.807, 2.05) is 11.4 Å². The molecular weight excluding hydrogens is 436 g/mol. The molecule has 0 atom stereocenters. The van der Waals surface area contributed by atoms with E-state index in [4.69, 9.17) is 0 Å². The lowest BCUT2D eigenvalue weighted by Gasteiger charge is -2.12. The van der Waals surface area contributed by atoms with Crippen molar-refractivity contribution in [1.82, 2.24) is 9.78 Å². The number of amides is 2. The summed E-state index contributed by atoms with van der Waals surface area (Å²) in [6.45, 7) is 2.55. The topological polar surface area (TPSA) is 93.1 Å². The van der Waals surface area contributed by atoms with Gasteiger partial charge in [0.05, 0.1) is 10.3 Å². The van der Waals surface area contributed by atoms with Crippen molar-refractivity contribution in [2.75, 3.05) is 10.6 Å². The SMILES string of the molecule is CCCCCn1nc(C(=O)Nc2cccc(NC(=O)c3cccs3)c2)c2ccccc2c1=O. The van der Waals surface area contributed by atoms with Crippen molar-refractivity contribution in [3.8, 4) is 0 Å². The average molecular weight is 461 g/mol. The number of fused-ring (bicyclic) bond motifs is 1. The minimum atomic E-state index is -0.419. The van der Waals surface area contributed by atoms with Crippen LogP contribution in [0.1, 0.15) is 46.3 Å². The van der Waals surface area contributed by atoms with Crippen LogP contribution in [0.5, 0.6) is 0 Å². The summed E-state index contributed by atoms with van der Waals surface area (Å²) in [7, 11) is 0. The van der Waals surface area contributed by atoms with E-state index >= 15 is 0 Å². The first-order chi connectivity index (χ1) is 16.1. The molecule has 33 heavy (non-hydrogen) atoms. The van der Waals surface area contributed by atoms with Gasteiger partial charge in [0.1, 0.15) is 0 Å². The van der Waals surface area contributed by atoms with E-state index in [-0.39, 0.29) is 17.2 Å². The van der Waals surface area contributed by atoms with E-state index in [9.17, 15) is 14.4 Å². The van der Waals surface area contributed by atoms with Crippen molar-refractivity contribution in [3.05, 3.63) is 87.0 Å². The normalized spacial score (nSPS) is 10.8. The van der Waals surface area contributed by atoms with Gasteiger partial charge in [0.15, 0.2) is 5.69 Å². The molecule has 0 radical (unpaired) electrons. The number of carbonyl (C=O) groups is 2. The van der Waals surface area contributed by atoms with Crippen LogP contribution in [0.3, 0.4) is 0 Å². The van der Waals surface area contributed by atoms with E-state index in [1.165, 1.54) is 16.0 Å². The van der Waals surface area contributed by atoms with Crippen molar-refractivity contribution < 1.29 is 9.59 Å². The summed E-state index contributed by atoms with van der Waals surface area (Å²) in [4.78, 5) is 38.9. The number of anilines is 2. The molecule has 0 aliphatic rings. The molecule has 2 aromatic carbocycles. The second kappa shape index (κ2) is 10.2. The summed E-state index contributed by atoms with van der Waals surface area (Å²) < 4.78 is 1.38. The standard InChI is InChI=1S/C25H24N4O3S/c1-2-3-6-14-29-25(32)20-12-5-4-11-19(20)22(28-29)24(31)27-18-10-7-9-17(16-18)26-23(30)21-13-8-15-33-21/h4-5,7-13,15-16H,2-3,6,14H2,1H3,(H,26,30)(H,27,31). The molecule has 2 amide bonds. The van der Waals surface area contributed by atoms with Gasteiger partial charge in [0, 0.05) is 23.3 Å². The van der Waals surface area contributed by atoms with Crippen molar-refractivity contribution in [2.45, 2.75) is 32.7 Å². The third-order valence-electron chi connectivity index (χ3n) is 5.18. The van der Waals surface area contributed by atoms with E-state index in [0.29, 0.717) is 33.6 Å². The largest absolute Gasteiger partial charge is 0.321 e. The van der Waals surface area contributed by atoms with Crippen molar-refractivity contribution >= 4 is 45.3 Å². The molecular formula is C25H24N4O3S. The third-order valence-corrected chi connectivity index (χ3v) is 6.05. The molecule has 4 rings (SSSR count). The Balaban J connectivity index is 1.59. The Hall–Kier alpha value is -3.78. The fourth-order valence-electron chi connectivity index (χ4n) is 3.53. The molecule has 7 nitrogen and oxygen atoms in total. The molecule has 168 valence electrons. The fourth-order valence-corrected chi connectivity index (χ4v) is 4.15. The number of nitrogens with one attached hydrogen (secondary N) is 2. The summed E-state index contributed by atoms with van der Waals surface area (Å²) in [6.07, 6.45) is 2.82. The minimum absolute atomic E-state index is 0.190. The first kappa shape index (κ1) is 22.4. The van der Waals surface area contributed by atoms with Crippen LogP contribution >= 0.6 is 11.3 Å². The van der Waals surface area contributed by atoms with Gasteiger partial charge in [0.25, 0.3) is 17.4 Å².